The summed E-state index contributed by atoms with van der Waals surface area (Å²) in [6, 6.07) is 17.2. The first kappa shape index (κ1) is 18.0. The van der Waals surface area contributed by atoms with Gasteiger partial charge in [0.1, 0.15) is 11.5 Å². The maximum Gasteiger partial charge on any atom is 0.137 e. The van der Waals surface area contributed by atoms with E-state index in [4.69, 9.17) is 0 Å². The van der Waals surface area contributed by atoms with Crippen molar-refractivity contribution >= 4 is 11.0 Å². The molecule has 1 aliphatic rings. The lowest BCUT2D eigenvalue weighted by atomic mass is 10.0. The maximum atomic E-state index is 13.7. The molecule has 1 atom stereocenters. The molecule has 146 valence electrons. The van der Waals surface area contributed by atoms with Gasteiger partial charge in [-0.2, -0.15) is 0 Å². The number of aliphatic hydroxyl groups excluding tert-OH is 1. The molecule has 1 fully saturated rings. The molecule has 0 spiro atoms. The van der Waals surface area contributed by atoms with E-state index in [2.05, 4.69) is 45.2 Å². The smallest absolute Gasteiger partial charge is 0.137 e. The number of rotatable bonds is 4. The largest absolute Gasteiger partial charge is 0.392 e. The van der Waals surface area contributed by atoms with Gasteiger partial charge in [0.05, 0.1) is 6.10 Å². The molecule has 3 heterocycles. The molecule has 0 saturated carbocycles. The third kappa shape index (κ3) is 3.67. The Morgan fingerprint density at radius 1 is 1.07 bits per heavy atom. The first-order valence-electron chi connectivity index (χ1n) is 9.88. The molecular weight excluding hydrogens is 365 g/mol. The average Bonchev–Trinajstić information content (AvgIpc) is 3.34. The summed E-state index contributed by atoms with van der Waals surface area (Å²) in [4.78, 5) is 10.0. The molecule has 2 aromatic heterocycles. The van der Waals surface area contributed by atoms with E-state index >= 15 is 0 Å². The highest BCUT2D eigenvalue weighted by atomic mass is 19.1. The second kappa shape index (κ2) is 7.43. The molecule has 4 nitrogen and oxygen atoms in total. The van der Waals surface area contributed by atoms with E-state index in [1.807, 2.05) is 18.5 Å². The van der Waals surface area contributed by atoms with Crippen LogP contribution in [0, 0.1) is 5.82 Å². The highest BCUT2D eigenvalue weighted by Crippen LogP contribution is 2.31. The zero-order valence-corrected chi connectivity index (χ0v) is 16.0. The molecule has 4 aromatic rings. The molecule has 5 heteroatoms. The van der Waals surface area contributed by atoms with E-state index in [0.29, 0.717) is 0 Å². The molecule has 5 rings (SSSR count). The van der Waals surface area contributed by atoms with E-state index in [0.717, 1.165) is 59.3 Å². The number of β-amino-alcohol motifs (C(OH)–C–C–N with tert-alkyl or cyclic N) is 1. The van der Waals surface area contributed by atoms with Gasteiger partial charge in [0, 0.05) is 48.5 Å². The van der Waals surface area contributed by atoms with Gasteiger partial charge in [-0.1, -0.05) is 36.4 Å². The highest BCUT2D eigenvalue weighted by molar-refractivity contribution is 5.95. The first-order valence-corrected chi connectivity index (χ1v) is 9.88. The van der Waals surface area contributed by atoms with Crippen LogP contribution in [0.25, 0.3) is 33.3 Å². The van der Waals surface area contributed by atoms with Crippen molar-refractivity contribution in [3.05, 3.63) is 78.4 Å². The monoisotopic (exact) mass is 387 g/mol. The summed E-state index contributed by atoms with van der Waals surface area (Å²) in [5.74, 6) is -0.248. The molecule has 1 aliphatic heterocycles. The van der Waals surface area contributed by atoms with Gasteiger partial charge < -0.3 is 10.1 Å². The molecule has 2 aromatic carbocycles. The lowest BCUT2D eigenvalue weighted by Gasteiger charge is -2.15. The van der Waals surface area contributed by atoms with E-state index in [9.17, 15) is 9.50 Å². The number of hydrogen-bond acceptors (Lipinski definition) is 3. The van der Waals surface area contributed by atoms with Crippen molar-refractivity contribution < 1.29 is 9.50 Å². The van der Waals surface area contributed by atoms with Crippen molar-refractivity contribution in [3.63, 3.8) is 0 Å². The molecule has 0 radical (unpaired) electrons. The Morgan fingerprint density at radius 2 is 1.93 bits per heavy atom. The Labute approximate surface area is 168 Å². The SMILES string of the molecule is O[C@@H]1CCN(Cc2ccc(-c3cnc4[nH]cc(-c5cccc(F)c5)c4c3)cc2)C1. The van der Waals surface area contributed by atoms with Crippen LogP contribution >= 0.6 is 0 Å². The summed E-state index contributed by atoms with van der Waals surface area (Å²) >= 11 is 0. The summed E-state index contributed by atoms with van der Waals surface area (Å²) in [5.41, 5.74) is 5.92. The van der Waals surface area contributed by atoms with Gasteiger partial charge >= 0.3 is 0 Å². The van der Waals surface area contributed by atoms with Crippen molar-refractivity contribution in [1.29, 1.82) is 0 Å². The van der Waals surface area contributed by atoms with Gasteiger partial charge in [-0.25, -0.2) is 9.37 Å². The number of H-pyrrole nitrogens is 1. The topological polar surface area (TPSA) is 52.1 Å². The minimum atomic E-state index is -0.248. The second-order valence-electron chi connectivity index (χ2n) is 7.71. The van der Waals surface area contributed by atoms with Crippen LogP contribution in [0.5, 0.6) is 0 Å². The van der Waals surface area contributed by atoms with E-state index in [1.54, 1.807) is 12.1 Å². The predicted octanol–water partition coefficient (Wildman–Crippen LogP) is 4.60. The number of likely N-dealkylation sites (tertiary alicyclic amines) is 1. The van der Waals surface area contributed by atoms with Crippen molar-refractivity contribution in [2.45, 2.75) is 19.1 Å². The summed E-state index contributed by atoms with van der Waals surface area (Å²) in [7, 11) is 0. The molecule has 2 N–H and O–H groups in total. The minimum Gasteiger partial charge on any atom is -0.392 e. The van der Waals surface area contributed by atoms with Gasteiger partial charge in [0.15, 0.2) is 0 Å². The van der Waals surface area contributed by atoms with Crippen LogP contribution in [-0.2, 0) is 6.54 Å². The Kier molecular flexibility index (Phi) is 4.62. The zero-order chi connectivity index (χ0) is 19.8. The van der Waals surface area contributed by atoms with E-state index in [-0.39, 0.29) is 11.9 Å². The number of nitrogens with zero attached hydrogens (tertiary/aromatic N) is 2. The van der Waals surface area contributed by atoms with Crippen LogP contribution in [-0.4, -0.2) is 39.2 Å². The number of aliphatic hydroxyl groups is 1. The number of fused-ring (bicyclic) bond motifs is 1. The fourth-order valence-electron chi connectivity index (χ4n) is 4.07. The van der Waals surface area contributed by atoms with Gasteiger partial charge in [-0.15, -0.1) is 0 Å². The molecule has 0 bridgehead atoms. The third-order valence-electron chi connectivity index (χ3n) is 5.61. The molecule has 29 heavy (non-hydrogen) atoms. The van der Waals surface area contributed by atoms with Crippen molar-refractivity contribution in [3.8, 4) is 22.3 Å². The van der Waals surface area contributed by atoms with Crippen LogP contribution in [0.15, 0.2) is 67.0 Å². The van der Waals surface area contributed by atoms with Crippen LogP contribution in [0.2, 0.25) is 0 Å². The van der Waals surface area contributed by atoms with Crippen molar-refractivity contribution in [2.75, 3.05) is 13.1 Å². The third-order valence-corrected chi connectivity index (χ3v) is 5.61. The van der Waals surface area contributed by atoms with Crippen LogP contribution < -0.4 is 0 Å². The van der Waals surface area contributed by atoms with Crippen LogP contribution in [0.1, 0.15) is 12.0 Å². The average molecular weight is 387 g/mol. The fraction of sp³-hybridized carbons (Fsp3) is 0.208. The summed E-state index contributed by atoms with van der Waals surface area (Å²) in [5, 5.41) is 10.7. The predicted molar refractivity (Wildman–Crippen MR) is 113 cm³/mol. The number of aromatic nitrogens is 2. The highest BCUT2D eigenvalue weighted by Gasteiger charge is 2.19. The Morgan fingerprint density at radius 3 is 2.69 bits per heavy atom. The first-order chi connectivity index (χ1) is 14.2. The fourth-order valence-corrected chi connectivity index (χ4v) is 4.07. The zero-order valence-electron chi connectivity index (χ0n) is 16.0. The number of halogens is 1. The molecule has 0 aliphatic carbocycles. The normalized spacial score (nSPS) is 17.2. The van der Waals surface area contributed by atoms with E-state index < -0.39 is 0 Å². The van der Waals surface area contributed by atoms with Gasteiger partial charge in [-0.3, -0.25) is 4.90 Å². The van der Waals surface area contributed by atoms with Crippen LogP contribution in [0.3, 0.4) is 0 Å². The van der Waals surface area contributed by atoms with Crippen molar-refractivity contribution in [2.24, 2.45) is 0 Å². The van der Waals surface area contributed by atoms with E-state index in [1.165, 1.54) is 11.6 Å². The number of nitrogens with one attached hydrogen (secondary N) is 1. The van der Waals surface area contributed by atoms with Crippen molar-refractivity contribution in [1.82, 2.24) is 14.9 Å². The molecule has 1 saturated heterocycles. The summed E-state index contributed by atoms with van der Waals surface area (Å²) in [6.07, 6.45) is 4.40. The Hall–Kier alpha value is -3.02. The Bertz CT molecular complexity index is 1150. The van der Waals surface area contributed by atoms with Gasteiger partial charge in [0.2, 0.25) is 0 Å². The molecule has 0 amide bonds. The summed E-state index contributed by atoms with van der Waals surface area (Å²) in [6.45, 7) is 2.55. The standard InChI is InChI=1S/C24H22FN3O/c25-20-3-1-2-18(10-20)23-13-27-24-22(23)11-19(12-26-24)17-6-4-16(5-7-17)14-28-9-8-21(29)15-28/h1-7,10-13,21,29H,8-9,14-15H2,(H,26,27)/t21-/m1/s1. The number of aromatic amines is 1. The maximum absolute atomic E-state index is 13.7. The number of benzene rings is 2. The Balaban J connectivity index is 1.43. The minimum absolute atomic E-state index is 0.194. The van der Waals surface area contributed by atoms with Crippen LogP contribution in [0.4, 0.5) is 4.39 Å². The number of pyridine rings is 1. The van der Waals surface area contributed by atoms with Gasteiger partial charge in [0.25, 0.3) is 0 Å². The molecular formula is C24H22FN3O. The second-order valence-corrected chi connectivity index (χ2v) is 7.71. The van der Waals surface area contributed by atoms with Gasteiger partial charge in [-0.05, 0) is 41.3 Å². The summed E-state index contributed by atoms with van der Waals surface area (Å²) < 4.78 is 13.7. The lowest BCUT2D eigenvalue weighted by molar-refractivity contribution is 0.175. The quantitative estimate of drug-likeness (QED) is 0.538. The molecule has 0 unspecified atom stereocenters. The number of hydrogen-bond donors (Lipinski definition) is 2. The lowest BCUT2D eigenvalue weighted by Crippen LogP contribution is -2.21.